The zero-order valence-electron chi connectivity index (χ0n) is 15.2. The number of benzene rings is 2. The fourth-order valence-corrected chi connectivity index (χ4v) is 3.66. The summed E-state index contributed by atoms with van der Waals surface area (Å²) in [5.74, 6) is 0.560. The van der Waals surface area contributed by atoms with E-state index in [4.69, 9.17) is 9.47 Å². The van der Waals surface area contributed by atoms with Gasteiger partial charge in [-0.3, -0.25) is 9.52 Å². The van der Waals surface area contributed by atoms with Crippen molar-refractivity contribution in [3.63, 3.8) is 0 Å². The molecule has 0 bridgehead atoms. The van der Waals surface area contributed by atoms with Crippen LogP contribution in [0.4, 0.5) is 5.69 Å². The molecule has 7 nitrogen and oxygen atoms in total. The average molecular weight is 390 g/mol. The smallest absolute Gasteiger partial charge is 0.262 e. The maximum Gasteiger partial charge on any atom is 0.262 e. The van der Waals surface area contributed by atoms with E-state index in [9.17, 15) is 13.2 Å². The Morgan fingerprint density at radius 2 is 1.81 bits per heavy atom. The quantitative estimate of drug-likeness (QED) is 0.791. The molecule has 1 aliphatic heterocycles. The lowest BCUT2D eigenvalue weighted by Crippen LogP contribution is -2.32. The van der Waals surface area contributed by atoms with Gasteiger partial charge in [-0.15, -0.1) is 0 Å². The number of anilines is 1. The van der Waals surface area contributed by atoms with Crippen molar-refractivity contribution in [2.45, 2.75) is 31.2 Å². The molecule has 0 saturated carbocycles. The molecule has 1 amide bonds. The van der Waals surface area contributed by atoms with E-state index in [1.807, 2.05) is 13.8 Å². The summed E-state index contributed by atoms with van der Waals surface area (Å²) in [5.41, 5.74) is 0.479. The highest BCUT2D eigenvalue weighted by molar-refractivity contribution is 7.92. The van der Waals surface area contributed by atoms with Gasteiger partial charge in [-0.2, -0.15) is 0 Å². The van der Waals surface area contributed by atoms with E-state index >= 15 is 0 Å². The van der Waals surface area contributed by atoms with Crippen molar-refractivity contribution in [3.05, 3.63) is 48.0 Å². The highest BCUT2D eigenvalue weighted by atomic mass is 32.2. The lowest BCUT2D eigenvalue weighted by atomic mass is 10.1. The van der Waals surface area contributed by atoms with Crippen LogP contribution in [0.1, 0.15) is 30.6 Å². The number of hydrogen-bond acceptors (Lipinski definition) is 5. The maximum atomic E-state index is 12.8. The molecule has 144 valence electrons. The fraction of sp³-hybridized carbons (Fsp3) is 0.316. The third-order valence-corrected chi connectivity index (χ3v) is 5.59. The molecular formula is C19H22N2O5S. The van der Waals surface area contributed by atoms with Crippen molar-refractivity contribution < 1.29 is 22.7 Å². The van der Waals surface area contributed by atoms with Crippen LogP contribution >= 0.6 is 0 Å². The van der Waals surface area contributed by atoms with Crippen LogP contribution in [-0.4, -0.2) is 33.6 Å². The molecule has 2 aromatic carbocycles. The highest BCUT2D eigenvalue weighted by Crippen LogP contribution is 2.33. The third-order valence-electron chi connectivity index (χ3n) is 4.23. The molecule has 0 saturated heterocycles. The Morgan fingerprint density at radius 3 is 2.56 bits per heavy atom. The van der Waals surface area contributed by atoms with Gasteiger partial charge in [-0.25, -0.2) is 8.42 Å². The minimum atomic E-state index is -3.90. The molecule has 0 fully saturated rings. The average Bonchev–Trinajstić information content (AvgIpc) is 2.67. The Balaban J connectivity index is 1.87. The Labute approximate surface area is 158 Å². The van der Waals surface area contributed by atoms with Gasteiger partial charge in [-0.1, -0.05) is 19.1 Å². The monoisotopic (exact) mass is 390 g/mol. The lowest BCUT2D eigenvalue weighted by Gasteiger charge is -2.19. The normalized spacial score (nSPS) is 14.3. The molecule has 0 aliphatic carbocycles. The molecule has 0 spiro atoms. The number of rotatable bonds is 6. The SMILES string of the molecule is CC[C@H](C)NC(=O)c1ccccc1NS(=O)(=O)c1ccc2c(c1)OCCO2. The topological polar surface area (TPSA) is 93.7 Å². The van der Waals surface area contributed by atoms with E-state index in [0.717, 1.165) is 6.42 Å². The summed E-state index contributed by atoms with van der Waals surface area (Å²) in [6.45, 7) is 4.64. The van der Waals surface area contributed by atoms with Gasteiger partial charge in [0.2, 0.25) is 0 Å². The number of sulfonamides is 1. The van der Waals surface area contributed by atoms with Crippen molar-refractivity contribution in [2.24, 2.45) is 0 Å². The first-order chi connectivity index (χ1) is 12.9. The zero-order chi connectivity index (χ0) is 19.4. The minimum absolute atomic E-state index is 0.0139. The van der Waals surface area contributed by atoms with Crippen LogP contribution in [0.2, 0.25) is 0 Å². The van der Waals surface area contributed by atoms with E-state index < -0.39 is 10.0 Å². The van der Waals surface area contributed by atoms with Crippen molar-refractivity contribution in [1.29, 1.82) is 0 Å². The summed E-state index contributed by atoms with van der Waals surface area (Å²) < 4.78 is 39.0. The van der Waals surface area contributed by atoms with Crippen LogP contribution in [0.15, 0.2) is 47.4 Å². The molecule has 2 aromatic rings. The minimum Gasteiger partial charge on any atom is -0.486 e. The lowest BCUT2D eigenvalue weighted by molar-refractivity contribution is 0.0940. The van der Waals surface area contributed by atoms with Crippen molar-refractivity contribution in [1.82, 2.24) is 5.32 Å². The van der Waals surface area contributed by atoms with Gasteiger partial charge in [0, 0.05) is 12.1 Å². The van der Waals surface area contributed by atoms with E-state index in [1.165, 1.54) is 12.1 Å². The van der Waals surface area contributed by atoms with Crippen molar-refractivity contribution in [2.75, 3.05) is 17.9 Å². The standard InChI is InChI=1S/C19H22N2O5S/c1-3-13(2)20-19(22)15-6-4-5-7-16(15)21-27(23,24)14-8-9-17-18(12-14)26-11-10-25-17/h4-9,12-13,21H,3,10-11H2,1-2H3,(H,20,22)/t13-/m0/s1. The number of carbonyl (C=O) groups is 1. The second-order valence-electron chi connectivity index (χ2n) is 6.24. The highest BCUT2D eigenvalue weighted by Gasteiger charge is 2.22. The number of fused-ring (bicyclic) bond motifs is 1. The predicted octanol–water partition coefficient (Wildman–Crippen LogP) is 2.79. The van der Waals surface area contributed by atoms with Crippen LogP contribution in [0.5, 0.6) is 11.5 Å². The number of carbonyl (C=O) groups excluding carboxylic acids is 1. The Hall–Kier alpha value is -2.74. The Morgan fingerprint density at radius 1 is 1.11 bits per heavy atom. The van der Waals surface area contributed by atoms with E-state index in [0.29, 0.717) is 24.7 Å². The van der Waals surface area contributed by atoms with Crippen LogP contribution in [0, 0.1) is 0 Å². The van der Waals surface area contributed by atoms with Gasteiger partial charge in [0.15, 0.2) is 11.5 Å². The third kappa shape index (κ3) is 4.33. The number of ether oxygens (including phenoxy) is 2. The molecule has 2 N–H and O–H groups in total. The van der Waals surface area contributed by atoms with Crippen LogP contribution in [0.3, 0.4) is 0 Å². The molecule has 1 aliphatic rings. The zero-order valence-corrected chi connectivity index (χ0v) is 16.0. The molecular weight excluding hydrogens is 368 g/mol. The van der Waals surface area contributed by atoms with E-state index in [2.05, 4.69) is 10.0 Å². The number of nitrogens with one attached hydrogen (secondary N) is 2. The van der Waals surface area contributed by atoms with Crippen LogP contribution in [0.25, 0.3) is 0 Å². The van der Waals surface area contributed by atoms with E-state index in [1.54, 1.807) is 30.3 Å². The largest absolute Gasteiger partial charge is 0.486 e. The summed E-state index contributed by atoms with van der Waals surface area (Å²) in [6, 6.07) is 10.9. The van der Waals surface area contributed by atoms with E-state index in [-0.39, 0.29) is 28.1 Å². The molecule has 1 atom stereocenters. The molecule has 8 heteroatoms. The summed E-state index contributed by atoms with van der Waals surface area (Å²) >= 11 is 0. The molecule has 0 aromatic heterocycles. The summed E-state index contributed by atoms with van der Waals surface area (Å²) in [6.07, 6.45) is 0.775. The first-order valence-electron chi connectivity index (χ1n) is 8.73. The van der Waals surface area contributed by atoms with Gasteiger partial charge in [-0.05, 0) is 37.6 Å². The fourth-order valence-electron chi connectivity index (χ4n) is 2.57. The summed E-state index contributed by atoms with van der Waals surface area (Å²) in [4.78, 5) is 12.5. The number of para-hydroxylation sites is 1. The van der Waals surface area contributed by atoms with Crippen LogP contribution < -0.4 is 19.5 Å². The summed E-state index contributed by atoms with van der Waals surface area (Å²) in [5, 5.41) is 2.84. The molecule has 27 heavy (non-hydrogen) atoms. The Bertz CT molecular complexity index is 943. The first kappa shape index (κ1) is 19.0. The number of hydrogen-bond donors (Lipinski definition) is 2. The Kier molecular flexibility index (Phi) is 5.55. The molecule has 3 rings (SSSR count). The van der Waals surface area contributed by atoms with Gasteiger partial charge in [0.25, 0.3) is 15.9 Å². The van der Waals surface area contributed by atoms with Gasteiger partial charge in [0.1, 0.15) is 13.2 Å². The van der Waals surface area contributed by atoms with Gasteiger partial charge in [0.05, 0.1) is 16.1 Å². The van der Waals surface area contributed by atoms with Gasteiger partial charge < -0.3 is 14.8 Å². The molecule has 0 unspecified atom stereocenters. The van der Waals surface area contributed by atoms with Crippen LogP contribution in [-0.2, 0) is 10.0 Å². The van der Waals surface area contributed by atoms with Gasteiger partial charge >= 0.3 is 0 Å². The second kappa shape index (κ2) is 7.87. The summed E-state index contributed by atoms with van der Waals surface area (Å²) in [7, 11) is -3.90. The second-order valence-corrected chi connectivity index (χ2v) is 7.92. The predicted molar refractivity (Wildman–Crippen MR) is 102 cm³/mol. The first-order valence-corrected chi connectivity index (χ1v) is 10.2. The molecule has 1 heterocycles. The molecule has 0 radical (unpaired) electrons. The van der Waals surface area contributed by atoms with Crippen molar-refractivity contribution in [3.8, 4) is 11.5 Å². The maximum absolute atomic E-state index is 12.8. The number of amides is 1. The van der Waals surface area contributed by atoms with Crippen molar-refractivity contribution >= 4 is 21.6 Å².